The van der Waals surface area contributed by atoms with Crippen molar-refractivity contribution in [3.63, 3.8) is 0 Å². The summed E-state index contributed by atoms with van der Waals surface area (Å²) >= 11 is 5.92. The molecule has 1 rings (SSSR count). The van der Waals surface area contributed by atoms with Crippen molar-refractivity contribution in [1.82, 2.24) is 9.55 Å². The summed E-state index contributed by atoms with van der Waals surface area (Å²) in [5.74, 6) is 0. The first-order valence-corrected chi connectivity index (χ1v) is 6.89. The van der Waals surface area contributed by atoms with Gasteiger partial charge in [0, 0.05) is 0 Å². The molecule has 0 atom stereocenters. The number of aromatic nitrogens is 2. The molecule has 1 aromatic rings. The van der Waals surface area contributed by atoms with E-state index < -0.39 is 11.2 Å². The molecule has 4 nitrogen and oxygen atoms in total. The second kappa shape index (κ2) is 5.74. The Bertz CT molecular complexity index is 519. The second-order valence-corrected chi connectivity index (χ2v) is 4.88. The van der Waals surface area contributed by atoms with Gasteiger partial charge in [-0.3, -0.25) is 14.3 Å². The molecular formula is C13H21ClN2O2. The van der Waals surface area contributed by atoms with Gasteiger partial charge < -0.3 is 0 Å². The molecule has 0 amide bonds. The average molecular weight is 273 g/mol. The number of aromatic amines is 1. The maximum atomic E-state index is 12.4. The highest BCUT2D eigenvalue weighted by molar-refractivity contribution is 6.30. The number of nitrogens with one attached hydrogen (secondary N) is 1. The third-order valence-electron chi connectivity index (χ3n) is 3.95. The Balaban J connectivity index is 3.69. The van der Waals surface area contributed by atoms with E-state index in [0.29, 0.717) is 12.0 Å². The van der Waals surface area contributed by atoms with Crippen LogP contribution in [0.5, 0.6) is 0 Å². The molecule has 1 N–H and O–H groups in total. The summed E-state index contributed by atoms with van der Waals surface area (Å²) in [5.41, 5.74) is -0.598. The summed E-state index contributed by atoms with van der Waals surface area (Å²) in [6.07, 6.45) is 2.75. The van der Waals surface area contributed by atoms with Crippen LogP contribution in [0.15, 0.2) is 9.59 Å². The molecule has 1 aromatic heterocycles. The predicted molar refractivity (Wildman–Crippen MR) is 74.6 cm³/mol. The maximum Gasteiger partial charge on any atom is 0.330 e. The molecule has 18 heavy (non-hydrogen) atoms. The zero-order valence-electron chi connectivity index (χ0n) is 11.5. The zero-order chi connectivity index (χ0) is 13.9. The summed E-state index contributed by atoms with van der Waals surface area (Å²) in [6.45, 7) is 7.86. The smallest absolute Gasteiger partial charge is 0.297 e. The lowest BCUT2D eigenvalue weighted by Crippen LogP contribution is -2.49. The Morgan fingerprint density at radius 1 is 1.11 bits per heavy atom. The van der Waals surface area contributed by atoms with E-state index in [1.165, 1.54) is 4.57 Å². The van der Waals surface area contributed by atoms with Gasteiger partial charge in [-0.25, -0.2) is 4.79 Å². The fraction of sp³-hybridized carbons (Fsp3) is 0.692. The van der Waals surface area contributed by atoms with Crippen LogP contribution in [0, 0.1) is 0 Å². The van der Waals surface area contributed by atoms with E-state index in [-0.39, 0.29) is 10.7 Å². The topological polar surface area (TPSA) is 54.9 Å². The Labute approximate surface area is 112 Å². The van der Waals surface area contributed by atoms with E-state index in [2.05, 4.69) is 4.98 Å². The van der Waals surface area contributed by atoms with E-state index in [0.717, 1.165) is 19.3 Å². The fourth-order valence-corrected chi connectivity index (χ4v) is 2.80. The van der Waals surface area contributed by atoms with Gasteiger partial charge in [-0.05, 0) is 25.7 Å². The molecule has 0 fully saturated rings. The highest BCUT2D eigenvalue weighted by Gasteiger charge is 2.30. The van der Waals surface area contributed by atoms with Crippen LogP contribution < -0.4 is 11.2 Å². The van der Waals surface area contributed by atoms with Crippen LogP contribution in [-0.2, 0) is 12.0 Å². The van der Waals surface area contributed by atoms with Gasteiger partial charge in [-0.1, -0.05) is 39.3 Å². The van der Waals surface area contributed by atoms with E-state index >= 15 is 0 Å². The third kappa shape index (κ3) is 2.26. The number of hydrogen-bond donors (Lipinski definition) is 1. The first-order valence-electron chi connectivity index (χ1n) is 6.51. The fourth-order valence-electron chi connectivity index (χ4n) is 2.51. The van der Waals surface area contributed by atoms with Crippen LogP contribution in [0.2, 0.25) is 5.15 Å². The van der Waals surface area contributed by atoms with Crippen molar-refractivity contribution in [2.45, 2.75) is 58.9 Å². The summed E-state index contributed by atoms with van der Waals surface area (Å²) in [4.78, 5) is 27.1. The lowest BCUT2D eigenvalue weighted by molar-refractivity contribution is 0.232. The summed E-state index contributed by atoms with van der Waals surface area (Å²) in [5, 5.41) is 0.168. The van der Waals surface area contributed by atoms with Crippen LogP contribution in [0.4, 0.5) is 0 Å². The van der Waals surface area contributed by atoms with Crippen molar-refractivity contribution in [2.75, 3.05) is 0 Å². The SMILES string of the molecule is CCc1c(Cl)[nH]c(=O)n(C(CC)(CC)CC)c1=O. The van der Waals surface area contributed by atoms with Crippen molar-refractivity contribution in [3.05, 3.63) is 31.6 Å². The number of hydrogen-bond acceptors (Lipinski definition) is 2. The minimum Gasteiger partial charge on any atom is -0.297 e. The average Bonchev–Trinajstić information content (AvgIpc) is 2.35. The summed E-state index contributed by atoms with van der Waals surface area (Å²) in [7, 11) is 0. The van der Waals surface area contributed by atoms with Gasteiger partial charge in [0.1, 0.15) is 5.15 Å². The Hall–Kier alpha value is -1.03. The van der Waals surface area contributed by atoms with Crippen molar-refractivity contribution < 1.29 is 0 Å². The first kappa shape index (κ1) is 15.0. The number of rotatable bonds is 5. The van der Waals surface area contributed by atoms with Gasteiger partial charge in [0.05, 0.1) is 11.1 Å². The van der Waals surface area contributed by atoms with Gasteiger partial charge in [0.15, 0.2) is 0 Å². The Morgan fingerprint density at radius 3 is 2.00 bits per heavy atom. The lowest BCUT2D eigenvalue weighted by Gasteiger charge is -2.32. The molecule has 0 bridgehead atoms. The van der Waals surface area contributed by atoms with Gasteiger partial charge in [-0.15, -0.1) is 0 Å². The van der Waals surface area contributed by atoms with Gasteiger partial charge >= 0.3 is 5.69 Å². The lowest BCUT2D eigenvalue weighted by atomic mass is 9.89. The second-order valence-electron chi connectivity index (χ2n) is 4.50. The predicted octanol–water partition coefficient (Wildman–Crippen LogP) is 2.68. The minimum atomic E-state index is -0.417. The molecule has 102 valence electrons. The summed E-state index contributed by atoms with van der Waals surface area (Å²) in [6, 6.07) is 0. The Morgan fingerprint density at radius 2 is 1.61 bits per heavy atom. The maximum absolute atomic E-state index is 12.4. The minimum absolute atomic E-state index is 0.168. The molecule has 0 aliphatic carbocycles. The highest BCUT2D eigenvalue weighted by Crippen LogP contribution is 2.26. The van der Waals surface area contributed by atoms with Crippen LogP contribution >= 0.6 is 11.6 Å². The molecule has 0 unspecified atom stereocenters. The normalized spacial score (nSPS) is 11.8. The molecule has 0 saturated carbocycles. The molecule has 0 spiro atoms. The van der Waals surface area contributed by atoms with Gasteiger partial charge in [0.25, 0.3) is 5.56 Å². The van der Waals surface area contributed by atoms with Gasteiger partial charge in [-0.2, -0.15) is 0 Å². The molecule has 0 saturated heterocycles. The largest absolute Gasteiger partial charge is 0.330 e. The van der Waals surface area contributed by atoms with E-state index in [9.17, 15) is 9.59 Å². The van der Waals surface area contributed by atoms with Crippen molar-refractivity contribution in [3.8, 4) is 0 Å². The number of nitrogens with zero attached hydrogens (tertiary/aromatic N) is 1. The van der Waals surface area contributed by atoms with Crippen molar-refractivity contribution >= 4 is 11.6 Å². The summed E-state index contributed by atoms with van der Waals surface area (Å²) < 4.78 is 1.36. The highest BCUT2D eigenvalue weighted by atomic mass is 35.5. The first-order chi connectivity index (χ1) is 8.47. The van der Waals surface area contributed by atoms with Crippen LogP contribution in [-0.4, -0.2) is 9.55 Å². The monoisotopic (exact) mass is 272 g/mol. The molecule has 0 aromatic carbocycles. The third-order valence-corrected chi connectivity index (χ3v) is 4.27. The van der Waals surface area contributed by atoms with Crippen LogP contribution in [0.3, 0.4) is 0 Å². The van der Waals surface area contributed by atoms with Crippen LogP contribution in [0.1, 0.15) is 52.5 Å². The molecule has 0 aliphatic heterocycles. The molecule has 1 heterocycles. The zero-order valence-corrected chi connectivity index (χ0v) is 12.2. The van der Waals surface area contributed by atoms with E-state index in [1.54, 1.807) is 0 Å². The molecule has 5 heteroatoms. The molecule has 0 radical (unpaired) electrons. The van der Waals surface area contributed by atoms with Crippen molar-refractivity contribution in [1.29, 1.82) is 0 Å². The standard InChI is InChI=1S/C13H21ClN2O2/c1-5-9-10(14)15-12(18)16(11(9)17)13(6-2,7-3)8-4/h5-8H2,1-4H3,(H,15,18). The quantitative estimate of drug-likeness (QED) is 0.838. The Kier molecular flexibility index (Phi) is 4.79. The molecular weight excluding hydrogens is 252 g/mol. The van der Waals surface area contributed by atoms with E-state index in [4.69, 9.17) is 11.6 Å². The molecule has 0 aliphatic rings. The number of halogens is 1. The van der Waals surface area contributed by atoms with Crippen LogP contribution in [0.25, 0.3) is 0 Å². The number of H-pyrrole nitrogens is 1. The van der Waals surface area contributed by atoms with Gasteiger partial charge in [0.2, 0.25) is 0 Å². The van der Waals surface area contributed by atoms with E-state index in [1.807, 2.05) is 27.7 Å². The van der Waals surface area contributed by atoms with Crippen molar-refractivity contribution in [2.24, 2.45) is 0 Å².